The van der Waals surface area contributed by atoms with E-state index >= 15 is 0 Å². The van der Waals surface area contributed by atoms with Gasteiger partial charge in [-0.05, 0) is 42.7 Å². The minimum absolute atomic E-state index is 0.186. The summed E-state index contributed by atoms with van der Waals surface area (Å²) in [5.74, 6) is -0.367. The first-order chi connectivity index (χ1) is 14.0. The number of aryl methyl sites for hydroxylation is 1. The maximum absolute atomic E-state index is 13.3. The summed E-state index contributed by atoms with van der Waals surface area (Å²) >= 11 is 0. The number of nitrogens with zero attached hydrogens (tertiary/aromatic N) is 2. The van der Waals surface area contributed by atoms with E-state index in [-0.39, 0.29) is 23.9 Å². The fourth-order valence-corrected chi connectivity index (χ4v) is 4.88. The molecule has 0 unspecified atom stereocenters. The molecule has 3 rings (SSSR count). The van der Waals surface area contributed by atoms with Gasteiger partial charge in [0.25, 0.3) is 0 Å². The fourth-order valence-electron chi connectivity index (χ4n) is 3.17. The van der Waals surface area contributed by atoms with Crippen LogP contribution in [0.15, 0.2) is 65.8 Å². The standard InChI is InChI=1S/C22H25N3O3S/c1-3-14-25(16-22(26)24-19-10-8-17(4-2)9-11-19)29(27,28)21-7-5-6-18-15-23-13-12-20(18)21/h5-13,15H,3-4,14,16H2,1-2H3,(H,24,26). The molecule has 0 aliphatic heterocycles. The van der Waals surface area contributed by atoms with Gasteiger partial charge in [0.15, 0.2) is 0 Å². The number of carbonyl (C=O) groups excluding carboxylic acids is 1. The van der Waals surface area contributed by atoms with Crippen molar-refractivity contribution in [3.63, 3.8) is 0 Å². The summed E-state index contributed by atoms with van der Waals surface area (Å²) < 4.78 is 27.9. The first-order valence-electron chi connectivity index (χ1n) is 9.67. The molecule has 1 N–H and O–H groups in total. The van der Waals surface area contributed by atoms with Crippen molar-refractivity contribution in [1.82, 2.24) is 9.29 Å². The van der Waals surface area contributed by atoms with E-state index in [1.807, 2.05) is 37.3 Å². The molecule has 0 aliphatic carbocycles. The Labute approximate surface area is 171 Å². The number of hydrogen-bond donors (Lipinski definition) is 1. The molecule has 0 aliphatic rings. The highest BCUT2D eigenvalue weighted by atomic mass is 32.2. The Morgan fingerprint density at radius 3 is 2.52 bits per heavy atom. The topological polar surface area (TPSA) is 79.4 Å². The summed E-state index contributed by atoms with van der Waals surface area (Å²) in [5, 5.41) is 4.13. The molecular weight excluding hydrogens is 386 g/mol. The van der Waals surface area contributed by atoms with Gasteiger partial charge in [0.05, 0.1) is 11.4 Å². The van der Waals surface area contributed by atoms with Crippen LogP contribution in [0.1, 0.15) is 25.8 Å². The van der Waals surface area contributed by atoms with Gasteiger partial charge in [-0.2, -0.15) is 4.31 Å². The molecule has 0 radical (unpaired) electrons. The van der Waals surface area contributed by atoms with Gasteiger partial charge >= 0.3 is 0 Å². The van der Waals surface area contributed by atoms with E-state index < -0.39 is 10.0 Å². The number of benzene rings is 2. The molecule has 2 aromatic carbocycles. The van der Waals surface area contributed by atoms with Gasteiger partial charge in [-0.25, -0.2) is 8.42 Å². The number of amides is 1. The quantitative estimate of drug-likeness (QED) is 0.611. The Kier molecular flexibility index (Phi) is 6.61. The lowest BCUT2D eigenvalue weighted by molar-refractivity contribution is -0.116. The minimum atomic E-state index is -3.84. The maximum Gasteiger partial charge on any atom is 0.244 e. The zero-order valence-corrected chi connectivity index (χ0v) is 17.4. The van der Waals surface area contributed by atoms with Crippen molar-refractivity contribution in [2.45, 2.75) is 31.6 Å². The van der Waals surface area contributed by atoms with E-state index in [0.29, 0.717) is 17.5 Å². The molecule has 0 saturated heterocycles. The lowest BCUT2D eigenvalue weighted by atomic mass is 10.1. The van der Waals surface area contributed by atoms with Gasteiger partial charge in [0.2, 0.25) is 15.9 Å². The van der Waals surface area contributed by atoms with E-state index in [0.717, 1.165) is 11.8 Å². The Morgan fingerprint density at radius 2 is 1.83 bits per heavy atom. The molecule has 0 fully saturated rings. The number of hydrogen-bond acceptors (Lipinski definition) is 4. The average molecular weight is 412 g/mol. The maximum atomic E-state index is 13.3. The van der Waals surface area contributed by atoms with Crippen LogP contribution in [0.2, 0.25) is 0 Å². The van der Waals surface area contributed by atoms with Crippen LogP contribution in [0.5, 0.6) is 0 Å². The molecule has 3 aromatic rings. The van der Waals surface area contributed by atoms with Crippen LogP contribution in [0, 0.1) is 0 Å². The normalized spacial score (nSPS) is 11.7. The van der Waals surface area contributed by atoms with Crippen molar-refractivity contribution in [2.24, 2.45) is 0 Å². The van der Waals surface area contributed by atoms with Crippen LogP contribution in [-0.2, 0) is 21.2 Å². The summed E-state index contributed by atoms with van der Waals surface area (Å²) in [6, 6.07) is 14.3. The van der Waals surface area contributed by atoms with E-state index in [2.05, 4.69) is 17.2 Å². The summed E-state index contributed by atoms with van der Waals surface area (Å²) in [6.07, 6.45) is 4.71. The molecule has 0 spiro atoms. The zero-order chi connectivity index (χ0) is 20.9. The second-order valence-corrected chi connectivity index (χ2v) is 8.70. The van der Waals surface area contributed by atoms with Crippen molar-refractivity contribution >= 4 is 32.4 Å². The van der Waals surface area contributed by atoms with Gasteiger partial charge in [-0.3, -0.25) is 9.78 Å². The molecule has 29 heavy (non-hydrogen) atoms. The van der Waals surface area contributed by atoms with Gasteiger partial charge in [0, 0.05) is 35.4 Å². The third kappa shape index (κ3) is 4.81. The highest BCUT2D eigenvalue weighted by molar-refractivity contribution is 7.89. The average Bonchev–Trinajstić information content (AvgIpc) is 2.73. The Balaban J connectivity index is 1.84. The van der Waals surface area contributed by atoms with Crippen molar-refractivity contribution in [3.05, 3.63) is 66.5 Å². The van der Waals surface area contributed by atoms with Crippen LogP contribution >= 0.6 is 0 Å². The van der Waals surface area contributed by atoms with Gasteiger partial charge in [-0.1, -0.05) is 38.1 Å². The van der Waals surface area contributed by atoms with Crippen molar-refractivity contribution in [2.75, 3.05) is 18.4 Å². The monoisotopic (exact) mass is 411 g/mol. The smallest absolute Gasteiger partial charge is 0.244 e. The molecular formula is C22H25N3O3S. The minimum Gasteiger partial charge on any atom is -0.325 e. The Morgan fingerprint density at radius 1 is 1.07 bits per heavy atom. The number of aromatic nitrogens is 1. The summed E-state index contributed by atoms with van der Waals surface area (Å²) in [5.41, 5.74) is 1.82. The molecule has 0 saturated carbocycles. The van der Waals surface area contributed by atoms with Crippen LogP contribution in [0.3, 0.4) is 0 Å². The third-order valence-electron chi connectivity index (χ3n) is 4.70. The zero-order valence-electron chi connectivity index (χ0n) is 16.6. The van der Waals surface area contributed by atoms with Crippen molar-refractivity contribution in [1.29, 1.82) is 0 Å². The largest absolute Gasteiger partial charge is 0.325 e. The van der Waals surface area contributed by atoms with Gasteiger partial charge in [-0.15, -0.1) is 0 Å². The Hall–Kier alpha value is -2.77. The lowest BCUT2D eigenvalue weighted by Crippen LogP contribution is -2.38. The van der Waals surface area contributed by atoms with E-state index in [4.69, 9.17) is 0 Å². The second-order valence-electron chi connectivity index (χ2n) is 6.79. The van der Waals surface area contributed by atoms with Crippen molar-refractivity contribution < 1.29 is 13.2 Å². The number of pyridine rings is 1. The lowest BCUT2D eigenvalue weighted by Gasteiger charge is -2.22. The fraction of sp³-hybridized carbons (Fsp3) is 0.273. The number of fused-ring (bicyclic) bond motifs is 1. The number of sulfonamides is 1. The highest BCUT2D eigenvalue weighted by Gasteiger charge is 2.27. The van der Waals surface area contributed by atoms with Gasteiger partial charge < -0.3 is 5.32 Å². The number of rotatable bonds is 8. The molecule has 6 nitrogen and oxygen atoms in total. The summed E-state index contributed by atoms with van der Waals surface area (Å²) in [7, 11) is -3.84. The van der Waals surface area contributed by atoms with Gasteiger partial charge in [0.1, 0.15) is 0 Å². The molecule has 0 atom stereocenters. The van der Waals surface area contributed by atoms with Crippen molar-refractivity contribution in [3.8, 4) is 0 Å². The third-order valence-corrected chi connectivity index (χ3v) is 6.60. The highest BCUT2D eigenvalue weighted by Crippen LogP contribution is 2.25. The van der Waals surface area contributed by atoms with E-state index in [9.17, 15) is 13.2 Å². The summed E-state index contributed by atoms with van der Waals surface area (Å²) in [4.78, 5) is 16.8. The molecule has 152 valence electrons. The van der Waals surface area contributed by atoms with E-state index in [1.165, 1.54) is 9.87 Å². The SMILES string of the molecule is CCCN(CC(=O)Nc1ccc(CC)cc1)S(=O)(=O)c1cccc2cnccc12. The molecule has 0 bridgehead atoms. The first kappa shape index (κ1) is 21.0. The first-order valence-corrected chi connectivity index (χ1v) is 11.1. The molecule has 1 amide bonds. The predicted molar refractivity (Wildman–Crippen MR) is 115 cm³/mol. The molecule has 1 aromatic heterocycles. The molecule has 7 heteroatoms. The van der Waals surface area contributed by atoms with Crippen LogP contribution in [-0.4, -0.2) is 36.7 Å². The predicted octanol–water partition coefficient (Wildman–Crippen LogP) is 3.84. The number of carbonyl (C=O) groups is 1. The van der Waals surface area contributed by atoms with Crippen LogP contribution in [0.4, 0.5) is 5.69 Å². The van der Waals surface area contributed by atoms with E-state index in [1.54, 1.807) is 30.6 Å². The second kappa shape index (κ2) is 9.15. The molecule has 1 heterocycles. The van der Waals surface area contributed by atoms with Crippen LogP contribution < -0.4 is 5.32 Å². The number of nitrogens with one attached hydrogen (secondary N) is 1. The Bertz CT molecular complexity index is 1090. The number of anilines is 1. The van der Waals surface area contributed by atoms with Crippen LogP contribution in [0.25, 0.3) is 10.8 Å². The summed E-state index contributed by atoms with van der Waals surface area (Å²) in [6.45, 7) is 3.96.